The van der Waals surface area contributed by atoms with Gasteiger partial charge in [-0.2, -0.15) is 5.06 Å². The number of rotatable bonds is 4. The minimum absolute atomic E-state index is 0.0987. The highest BCUT2D eigenvalue weighted by Crippen LogP contribution is 2.43. The number of amides is 1. The van der Waals surface area contributed by atoms with Crippen molar-refractivity contribution in [2.45, 2.75) is 31.2 Å². The molecule has 2 aromatic carbocycles. The number of aryl methyl sites for hydroxylation is 1. The molecule has 5 rings (SSSR count). The van der Waals surface area contributed by atoms with E-state index in [4.69, 9.17) is 9.57 Å². The molecular formula is C24H25N3O3. The van der Waals surface area contributed by atoms with E-state index in [-0.39, 0.29) is 24.8 Å². The summed E-state index contributed by atoms with van der Waals surface area (Å²) in [7, 11) is 2.08. The summed E-state index contributed by atoms with van der Waals surface area (Å²) in [6, 6.07) is 17.7. The van der Waals surface area contributed by atoms with Gasteiger partial charge in [0.25, 0.3) is 0 Å². The van der Waals surface area contributed by atoms with Gasteiger partial charge in [-0.15, -0.1) is 6.58 Å². The molecule has 0 unspecified atom stereocenters. The maximum Gasteiger partial charge on any atom is 0.407 e. The number of aromatic nitrogens is 1. The Morgan fingerprint density at radius 1 is 1.23 bits per heavy atom. The van der Waals surface area contributed by atoms with Crippen LogP contribution in [0.25, 0.3) is 10.9 Å². The number of fused-ring (bicyclic) bond motifs is 5. The van der Waals surface area contributed by atoms with E-state index in [0.29, 0.717) is 0 Å². The molecule has 154 valence electrons. The van der Waals surface area contributed by atoms with E-state index >= 15 is 0 Å². The van der Waals surface area contributed by atoms with Gasteiger partial charge in [0, 0.05) is 30.2 Å². The van der Waals surface area contributed by atoms with Crippen molar-refractivity contribution in [3.63, 3.8) is 0 Å². The lowest BCUT2D eigenvalue weighted by Gasteiger charge is -2.31. The molecule has 6 heteroatoms. The lowest BCUT2D eigenvalue weighted by molar-refractivity contribution is -0.155. The molecule has 0 aliphatic carbocycles. The second kappa shape index (κ2) is 7.63. The van der Waals surface area contributed by atoms with E-state index in [1.165, 1.54) is 22.2 Å². The molecule has 30 heavy (non-hydrogen) atoms. The Hall–Kier alpha value is -3.09. The minimum atomic E-state index is -0.452. The third-order valence-corrected chi connectivity index (χ3v) is 6.11. The minimum Gasteiger partial charge on any atom is -0.445 e. The largest absolute Gasteiger partial charge is 0.445 e. The fourth-order valence-electron chi connectivity index (χ4n) is 4.75. The molecule has 1 aromatic heterocycles. The quantitative estimate of drug-likeness (QED) is 0.672. The van der Waals surface area contributed by atoms with Gasteiger partial charge < -0.3 is 14.6 Å². The number of hydroxylamine groups is 2. The first-order chi connectivity index (χ1) is 14.7. The van der Waals surface area contributed by atoms with E-state index in [1.807, 2.05) is 35.4 Å². The Bertz CT molecular complexity index is 1090. The molecule has 0 bridgehead atoms. The van der Waals surface area contributed by atoms with Crippen molar-refractivity contribution in [1.82, 2.24) is 14.9 Å². The Balaban J connectivity index is 1.43. The highest BCUT2D eigenvalue weighted by molar-refractivity contribution is 5.86. The molecule has 0 radical (unpaired) electrons. The van der Waals surface area contributed by atoms with Crippen LogP contribution in [0.5, 0.6) is 0 Å². The first-order valence-electron chi connectivity index (χ1n) is 10.3. The van der Waals surface area contributed by atoms with E-state index < -0.39 is 6.09 Å². The van der Waals surface area contributed by atoms with E-state index in [0.717, 1.165) is 18.5 Å². The van der Waals surface area contributed by atoms with Crippen molar-refractivity contribution in [2.75, 3.05) is 6.54 Å². The molecule has 2 aliphatic heterocycles. The molecule has 3 aromatic rings. The monoisotopic (exact) mass is 403 g/mol. The number of ether oxygens (including phenoxy) is 1. The summed E-state index contributed by atoms with van der Waals surface area (Å²) in [4.78, 5) is 18.8. The third kappa shape index (κ3) is 3.09. The number of nitrogens with zero attached hydrogens (tertiary/aromatic N) is 2. The van der Waals surface area contributed by atoms with Crippen molar-refractivity contribution in [3.8, 4) is 0 Å². The van der Waals surface area contributed by atoms with Gasteiger partial charge in [-0.05, 0) is 23.6 Å². The van der Waals surface area contributed by atoms with Gasteiger partial charge >= 0.3 is 6.09 Å². The fourth-order valence-corrected chi connectivity index (χ4v) is 4.75. The van der Waals surface area contributed by atoms with Gasteiger partial charge in [0.15, 0.2) is 0 Å². The molecule has 1 N–H and O–H groups in total. The lowest BCUT2D eigenvalue weighted by atomic mass is 9.92. The zero-order chi connectivity index (χ0) is 20.7. The molecule has 1 saturated heterocycles. The normalized spacial score (nSPS) is 23.0. The Kier molecular flexibility index (Phi) is 4.81. The average Bonchev–Trinajstić information content (AvgIpc) is 3.28. The van der Waals surface area contributed by atoms with Gasteiger partial charge in [0.05, 0.1) is 12.1 Å². The van der Waals surface area contributed by atoms with Crippen LogP contribution in [0.2, 0.25) is 0 Å². The fraction of sp³-hybridized carbons (Fsp3) is 0.292. The zero-order valence-electron chi connectivity index (χ0n) is 17.0. The van der Waals surface area contributed by atoms with Crippen molar-refractivity contribution in [2.24, 2.45) is 7.05 Å². The number of hydrogen-bond acceptors (Lipinski definition) is 4. The second-order valence-electron chi connectivity index (χ2n) is 7.81. The van der Waals surface area contributed by atoms with E-state index in [2.05, 4.69) is 47.8 Å². The van der Waals surface area contributed by atoms with E-state index in [1.54, 1.807) is 6.08 Å². The topological polar surface area (TPSA) is 55.7 Å². The predicted octanol–water partition coefficient (Wildman–Crippen LogP) is 3.87. The van der Waals surface area contributed by atoms with Crippen LogP contribution in [0.15, 0.2) is 67.3 Å². The number of carbonyl (C=O) groups is 1. The molecule has 2 aliphatic rings. The lowest BCUT2D eigenvalue weighted by Crippen LogP contribution is -2.45. The van der Waals surface area contributed by atoms with Crippen LogP contribution >= 0.6 is 0 Å². The number of para-hydroxylation sites is 1. The second-order valence-corrected chi connectivity index (χ2v) is 7.81. The summed E-state index contributed by atoms with van der Waals surface area (Å²) in [5.74, 6) is 0. The van der Waals surface area contributed by atoms with Crippen LogP contribution in [0, 0.1) is 0 Å². The molecule has 1 amide bonds. The maximum absolute atomic E-state index is 12.6. The number of carbonyl (C=O) groups excluding carboxylic acids is 1. The van der Waals surface area contributed by atoms with Gasteiger partial charge in [-0.3, -0.25) is 4.84 Å². The van der Waals surface area contributed by atoms with Gasteiger partial charge in [0.1, 0.15) is 12.7 Å². The first kappa shape index (κ1) is 18.9. The summed E-state index contributed by atoms with van der Waals surface area (Å²) < 4.78 is 7.70. The van der Waals surface area contributed by atoms with Crippen molar-refractivity contribution >= 4 is 17.0 Å². The standard InChI is InChI=1S/C24H25N3O3/c1-3-20-21(25-24(28)29-15-16-9-5-4-6-10-16)23-22-18(13-14-27(23)30-20)17-11-7-8-12-19(17)26(22)2/h3-12,20-21,23H,1,13-15H2,2H3,(H,25,28)/t20-,21+,23+/m1/s1. The predicted molar refractivity (Wildman–Crippen MR) is 115 cm³/mol. The Morgan fingerprint density at radius 2 is 2.00 bits per heavy atom. The summed E-state index contributed by atoms with van der Waals surface area (Å²) >= 11 is 0. The molecule has 3 heterocycles. The number of alkyl carbamates (subject to hydrolysis) is 1. The van der Waals surface area contributed by atoms with Gasteiger partial charge in [0.2, 0.25) is 0 Å². The Morgan fingerprint density at radius 3 is 2.80 bits per heavy atom. The van der Waals surface area contributed by atoms with Gasteiger partial charge in [-0.25, -0.2) is 4.79 Å². The molecular weight excluding hydrogens is 378 g/mol. The summed E-state index contributed by atoms with van der Waals surface area (Å²) in [6.07, 6.45) is 1.89. The average molecular weight is 403 g/mol. The number of nitrogens with one attached hydrogen (secondary N) is 1. The highest BCUT2D eigenvalue weighted by atomic mass is 16.7. The molecule has 1 fully saturated rings. The van der Waals surface area contributed by atoms with Crippen molar-refractivity contribution in [1.29, 1.82) is 0 Å². The van der Waals surface area contributed by atoms with Crippen molar-refractivity contribution in [3.05, 3.63) is 84.1 Å². The van der Waals surface area contributed by atoms with Crippen LogP contribution in [0.3, 0.4) is 0 Å². The van der Waals surface area contributed by atoms with Crippen molar-refractivity contribution < 1.29 is 14.4 Å². The molecule has 0 spiro atoms. The summed E-state index contributed by atoms with van der Waals surface area (Å²) in [6.45, 7) is 4.92. The SMILES string of the molecule is C=C[C@H]1ON2CCc3c(n(C)c4ccccc34)[C@@H]2[C@H]1NC(=O)OCc1ccccc1. The molecule has 3 atom stereocenters. The van der Waals surface area contributed by atoms with Crippen LogP contribution < -0.4 is 5.32 Å². The summed E-state index contributed by atoms with van der Waals surface area (Å²) in [5, 5.41) is 6.30. The van der Waals surface area contributed by atoms with Gasteiger partial charge in [-0.1, -0.05) is 54.6 Å². The number of benzene rings is 2. The third-order valence-electron chi connectivity index (χ3n) is 6.11. The summed E-state index contributed by atoms with van der Waals surface area (Å²) in [5.41, 5.74) is 4.65. The highest BCUT2D eigenvalue weighted by Gasteiger charge is 2.48. The van der Waals surface area contributed by atoms with Crippen LogP contribution in [0.4, 0.5) is 4.79 Å². The van der Waals surface area contributed by atoms with Crippen LogP contribution in [-0.4, -0.2) is 34.4 Å². The maximum atomic E-state index is 12.6. The molecule has 0 saturated carbocycles. The van der Waals surface area contributed by atoms with E-state index in [9.17, 15) is 4.79 Å². The number of hydrogen-bond donors (Lipinski definition) is 1. The zero-order valence-corrected chi connectivity index (χ0v) is 17.0. The Labute approximate surface area is 175 Å². The van der Waals surface area contributed by atoms with Crippen LogP contribution in [-0.2, 0) is 29.6 Å². The smallest absolute Gasteiger partial charge is 0.407 e. The molecule has 6 nitrogen and oxygen atoms in total. The van der Waals surface area contributed by atoms with Crippen LogP contribution in [0.1, 0.15) is 22.9 Å². The first-order valence-corrected chi connectivity index (χ1v) is 10.3.